The van der Waals surface area contributed by atoms with E-state index in [0.29, 0.717) is 18.1 Å². The first kappa shape index (κ1) is 12.8. The van der Waals surface area contributed by atoms with Crippen LogP contribution in [0.4, 0.5) is 5.82 Å². The van der Waals surface area contributed by atoms with Crippen molar-refractivity contribution in [3.63, 3.8) is 0 Å². The highest BCUT2D eigenvalue weighted by Gasteiger charge is 2.21. The molecule has 1 aromatic rings. The van der Waals surface area contributed by atoms with Crippen molar-refractivity contribution in [3.8, 4) is 0 Å². The van der Waals surface area contributed by atoms with Crippen molar-refractivity contribution in [2.24, 2.45) is 0 Å². The minimum Gasteiger partial charge on any atom is -0.378 e. The third kappa shape index (κ3) is 3.16. The molecule has 98 valence electrons. The lowest BCUT2D eigenvalue weighted by atomic mass is 10.0. The van der Waals surface area contributed by atoms with Crippen LogP contribution in [0.5, 0.6) is 0 Å². The maximum Gasteiger partial charge on any atom is 0.271 e. The number of nitrogens with one attached hydrogen (secondary N) is 2. The normalized spacial score (nSPS) is 23.4. The molecule has 1 aliphatic heterocycles. The van der Waals surface area contributed by atoms with Gasteiger partial charge in [-0.3, -0.25) is 9.78 Å². The average Bonchev–Trinajstić information content (AvgIpc) is 2.39. The third-order valence-corrected chi connectivity index (χ3v) is 2.94. The van der Waals surface area contributed by atoms with Gasteiger partial charge in [0.2, 0.25) is 0 Å². The van der Waals surface area contributed by atoms with Gasteiger partial charge in [0.1, 0.15) is 11.5 Å². The van der Waals surface area contributed by atoms with Crippen molar-refractivity contribution in [1.29, 1.82) is 0 Å². The standard InChI is InChI=1S/C12H18N4O2/c1-8-5-9(3-4-18-8)15-12(17)10-6-14-7-11(13-2)16-10/h6-9H,3-5H2,1-2H3,(H,13,16)(H,15,17). The van der Waals surface area contributed by atoms with Gasteiger partial charge >= 0.3 is 0 Å². The molecule has 2 rings (SSSR count). The Bertz CT molecular complexity index is 424. The molecule has 0 aromatic carbocycles. The zero-order valence-corrected chi connectivity index (χ0v) is 10.6. The molecule has 1 aliphatic rings. The van der Waals surface area contributed by atoms with E-state index in [2.05, 4.69) is 20.6 Å². The van der Waals surface area contributed by atoms with E-state index in [1.165, 1.54) is 6.20 Å². The Morgan fingerprint density at radius 2 is 2.33 bits per heavy atom. The molecule has 0 bridgehead atoms. The van der Waals surface area contributed by atoms with E-state index >= 15 is 0 Å². The monoisotopic (exact) mass is 250 g/mol. The molecule has 6 nitrogen and oxygen atoms in total. The fourth-order valence-corrected chi connectivity index (χ4v) is 1.98. The number of anilines is 1. The van der Waals surface area contributed by atoms with Crippen LogP contribution in [-0.4, -0.2) is 41.7 Å². The van der Waals surface area contributed by atoms with E-state index in [-0.39, 0.29) is 18.1 Å². The van der Waals surface area contributed by atoms with Gasteiger partial charge in [0, 0.05) is 19.7 Å². The molecule has 6 heteroatoms. The Morgan fingerprint density at radius 1 is 1.50 bits per heavy atom. The Kier molecular flexibility index (Phi) is 4.09. The summed E-state index contributed by atoms with van der Waals surface area (Å²) < 4.78 is 5.44. The highest BCUT2D eigenvalue weighted by atomic mass is 16.5. The molecule has 0 saturated carbocycles. The number of carbonyl (C=O) groups excluding carboxylic acids is 1. The molecule has 0 radical (unpaired) electrons. The van der Waals surface area contributed by atoms with Gasteiger partial charge in [-0.05, 0) is 19.8 Å². The molecule has 18 heavy (non-hydrogen) atoms. The van der Waals surface area contributed by atoms with E-state index in [4.69, 9.17) is 4.74 Å². The van der Waals surface area contributed by atoms with Crippen LogP contribution >= 0.6 is 0 Å². The summed E-state index contributed by atoms with van der Waals surface area (Å²) in [5, 5.41) is 5.83. The number of rotatable bonds is 3. The molecule has 0 spiro atoms. The van der Waals surface area contributed by atoms with E-state index in [0.717, 1.165) is 12.8 Å². The second-order valence-electron chi connectivity index (χ2n) is 4.42. The summed E-state index contributed by atoms with van der Waals surface area (Å²) in [5.41, 5.74) is 0.334. The van der Waals surface area contributed by atoms with Gasteiger partial charge in [0.15, 0.2) is 0 Å². The number of amides is 1. The first-order chi connectivity index (χ1) is 8.69. The van der Waals surface area contributed by atoms with Gasteiger partial charge < -0.3 is 15.4 Å². The van der Waals surface area contributed by atoms with E-state index in [9.17, 15) is 4.79 Å². The number of hydrogen-bond acceptors (Lipinski definition) is 5. The van der Waals surface area contributed by atoms with Crippen molar-refractivity contribution < 1.29 is 9.53 Å². The maximum atomic E-state index is 12.0. The van der Waals surface area contributed by atoms with Crippen molar-refractivity contribution in [1.82, 2.24) is 15.3 Å². The predicted molar refractivity (Wildman–Crippen MR) is 67.5 cm³/mol. The average molecular weight is 250 g/mol. The summed E-state index contributed by atoms with van der Waals surface area (Å²) in [4.78, 5) is 20.1. The quantitative estimate of drug-likeness (QED) is 0.830. The lowest BCUT2D eigenvalue weighted by molar-refractivity contribution is 0.0136. The van der Waals surface area contributed by atoms with Crippen LogP contribution in [0.15, 0.2) is 12.4 Å². The molecule has 1 saturated heterocycles. The summed E-state index contributed by atoms with van der Waals surface area (Å²) >= 11 is 0. The van der Waals surface area contributed by atoms with Crippen LogP contribution in [0, 0.1) is 0 Å². The van der Waals surface area contributed by atoms with Gasteiger partial charge in [-0.2, -0.15) is 0 Å². The molecule has 2 N–H and O–H groups in total. The fourth-order valence-electron chi connectivity index (χ4n) is 1.98. The van der Waals surface area contributed by atoms with Crippen molar-refractivity contribution in [3.05, 3.63) is 18.1 Å². The topological polar surface area (TPSA) is 76.1 Å². The van der Waals surface area contributed by atoms with Crippen molar-refractivity contribution in [2.75, 3.05) is 19.0 Å². The fraction of sp³-hybridized carbons (Fsp3) is 0.583. The van der Waals surface area contributed by atoms with Gasteiger partial charge in [0.25, 0.3) is 5.91 Å². The van der Waals surface area contributed by atoms with Crippen LogP contribution in [0.25, 0.3) is 0 Å². The van der Waals surface area contributed by atoms with Crippen LogP contribution in [-0.2, 0) is 4.74 Å². The molecular weight excluding hydrogens is 232 g/mol. The third-order valence-electron chi connectivity index (χ3n) is 2.94. The smallest absolute Gasteiger partial charge is 0.271 e. The number of ether oxygens (including phenoxy) is 1. The van der Waals surface area contributed by atoms with Crippen LogP contribution < -0.4 is 10.6 Å². The Balaban J connectivity index is 1.98. The van der Waals surface area contributed by atoms with E-state index in [1.807, 2.05) is 6.92 Å². The zero-order chi connectivity index (χ0) is 13.0. The number of aromatic nitrogens is 2. The summed E-state index contributed by atoms with van der Waals surface area (Å²) in [6.45, 7) is 2.70. The minimum absolute atomic E-state index is 0.154. The molecule has 1 fully saturated rings. The van der Waals surface area contributed by atoms with Gasteiger partial charge in [-0.15, -0.1) is 0 Å². The van der Waals surface area contributed by atoms with E-state index in [1.54, 1.807) is 13.2 Å². The molecule has 2 unspecified atom stereocenters. The summed E-state index contributed by atoms with van der Waals surface area (Å²) in [5.74, 6) is 0.404. The molecule has 1 aromatic heterocycles. The number of hydrogen-bond donors (Lipinski definition) is 2. The SMILES string of the molecule is CNc1cncc(C(=O)NC2CCOC(C)C2)n1. The highest BCUT2D eigenvalue weighted by Crippen LogP contribution is 2.13. The first-order valence-electron chi connectivity index (χ1n) is 6.11. The second-order valence-corrected chi connectivity index (χ2v) is 4.42. The van der Waals surface area contributed by atoms with Gasteiger partial charge in [-0.25, -0.2) is 4.98 Å². The summed E-state index contributed by atoms with van der Waals surface area (Å²) in [6.07, 6.45) is 4.92. The minimum atomic E-state index is -0.182. The zero-order valence-electron chi connectivity index (χ0n) is 10.6. The van der Waals surface area contributed by atoms with Crippen LogP contribution in [0.3, 0.4) is 0 Å². The molecular formula is C12H18N4O2. The second kappa shape index (κ2) is 5.77. The maximum absolute atomic E-state index is 12.0. The predicted octanol–water partition coefficient (Wildman–Crippen LogP) is 0.816. The largest absolute Gasteiger partial charge is 0.378 e. The number of nitrogens with zero attached hydrogens (tertiary/aromatic N) is 2. The summed E-state index contributed by atoms with van der Waals surface area (Å²) in [7, 11) is 1.74. The van der Waals surface area contributed by atoms with E-state index < -0.39 is 0 Å². The number of carbonyl (C=O) groups is 1. The molecule has 2 heterocycles. The lowest BCUT2D eigenvalue weighted by Crippen LogP contribution is -2.41. The van der Waals surface area contributed by atoms with Crippen LogP contribution in [0.1, 0.15) is 30.3 Å². The van der Waals surface area contributed by atoms with Gasteiger partial charge in [-0.1, -0.05) is 0 Å². The lowest BCUT2D eigenvalue weighted by Gasteiger charge is -2.27. The molecule has 1 amide bonds. The van der Waals surface area contributed by atoms with Crippen LogP contribution in [0.2, 0.25) is 0 Å². The van der Waals surface area contributed by atoms with Crippen molar-refractivity contribution in [2.45, 2.75) is 31.9 Å². The van der Waals surface area contributed by atoms with Gasteiger partial charge in [0.05, 0.1) is 18.5 Å². The molecule has 2 atom stereocenters. The Morgan fingerprint density at radius 3 is 3.06 bits per heavy atom. The Hall–Kier alpha value is -1.69. The molecule has 0 aliphatic carbocycles. The highest BCUT2D eigenvalue weighted by molar-refractivity contribution is 5.92. The van der Waals surface area contributed by atoms with Crippen molar-refractivity contribution >= 4 is 11.7 Å². The first-order valence-corrected chi connectivity index (χ1v) is 6.11. The Labute approximate surface area is 106 Å². The summed E-state index contributed by atoms with van der Waals surface area (Å²) in [6, 6.07) is 0.154.